The molecule has 3 rings (SSSR count). The van der Waals surface area contributed by atoms with E-state index in [0.717, 1.165) is 30.0 Å². The van der Waals surface area contributed by atoms with Crippen molar-refractivity contribution in [2.45, 2.75) is 19.3 Å². The largest absolute Gasteiger partial charge is 0.496 e. The normalized spacial score (nSPS) is 19.1. The van der Waals surface area contributed by atoms with Gasteiger partial charge in [0.2, 0.25) is 5.91 Å². The number of nitrogens with zero attached hydrogens (tertiary/aromatic N) is 1. The standard InChI is InChI=1S/C21H26N2O2.ClH/c1-15-8-9-16(10-20(15)25-2)11-21(24)23-13-18(12-22)19(14-23)17-6-4-3-5-7-17;/h3-10,18-19H,11-14,22H2,1-2H3;1H/t18-,19+;/m1./s1. The molecule has 2 atom stereocenters. The molecule has 1 saturated heterocycles. The molecule has 0 unspecified atom stereocenters. The van der Waals surface area contributed by atoms with Crippen LogP contribution in [0.1, 0.15) is 22.6 Å². The van der Waals surface area contributed by atoms with Crippen molar-refractivity contribution in [2.75, 3.05) is 26.7 Å². The van der Waals surface area contributed by atoms with Crippen LogP contribution in [-0.2, 0) is 11.2 Å². The first kappa shape index (κ1) is 20.3. The van der Waals surface area contributed by atoms with Gasteiger partial charge in [-0.1, -0.05) is 42.5 Å². The van der Waals surface area contributed by atoms with Crippen LogP contribution in [0.3, 0.4) is 0 Å². The van der Waals surface area contributed by atoms with Crippen molar-refractivity contribution in [3.05, 3.63) is 65.2 Å². The summed E-state index contributed by atoms with van der Waals surface area (Å²) in [6.45, 7) is 4.08. The Labute approximate surface area is 161 Å². The van der Waals surface area contributed by atoms with E-state index in [1.165, 1.54) is 5.56 Å². The third kappa shape index (κ3) is 4.37. The van der Waals surface area contributed by atoms with E-state index in [1.807, 2.05) is 48.2 Å². The molecule has 0 aromatic heterocycles. The first-order valence-corrected chi connectivity index (χ1v) is 8.78. The Kier molecular flexibility index (Phi) is 7.06. The van der Waals surface area contributed by atoms with Crippen LogP contribution in [0.5, 0.6) is 5.75 Å². The lowest BCUT2D eigenvalue weighted by Gasteiger charge is -2.17. The van der Waals surface area contributed by atoms with E-state index in [2.05, 4.69) is 12.1 Å². The zero-order chi connectivity index (χ0) is 17.8. The van der Waals surface area contributed by atoms with E-state index in [-0.39, 0.29) is 18.3 Å². The number of halogens is 1. The maximum Gasteiger partial charge on any atom is 0.227 e. The Morgan fingerprint density at radius 1 is 1.19 bits per heavy atom. The number of carbonyl (C=O) groups excluding carboxylic acids is 1. The molecule has 0 spiro atoms. The predicted molar refractivity (Wildman–Crippen MR) is 107 cm³/mol. The number of aryl methyl sites for hydroxylation is 1. The second-order valence-electron chi connectivity index (χ2n) is 6.79. The Morgan fingerprint density at radius 3 is 2.58 bits per heavy atom. The lowest BCUT2D eigenvalue weighted by Crippen LogP contribution is -2.31. The number of benzene rings is 2. The Morgan fingerprint density at radius 2 is 1.92 bits per heavy atom. The summed E-state index contributed by atoms with van der Waals surface area (Å²) >= 11 is 0. The van der Waals surface area contributed by atoms with Crippen LogP contribution in [-0.4, -0.2) is 37.6 Å². The molecule has 1 heterocycles. The first-order chi connectivity index (χ1) is 12.1. The molecule has 2 aromatic rings. The van der Waals surface area contributed by atoms with E-state index in [9.17, 15) is 4.79 Å². The number of carbonyl (C=O) groups is 1. The molecule has 0 saturated carbocycles. The number of hydrogen-bond donors (Lipinski definition) is 1. The fourth-order valence-electron chi connectivity index (χ4n) is 3.65. The van der Waals surface area contributed by atoms with Crippen molar-refractivity contribution in [1.82, 2.24) is 4.90 Å². The molecule has 1 amide bonds. The van der Waals surface area contributed by atoms with Gasteiger partial charge in [-0.25, -0.2) is 0 Å². The molecule has 26 heavy (non-hydrogen) atoms. The molecule has 0 radical (unpaired) electrons. The van der Waals surface area contributed by atoms with E-state index >= 15 is 0 Å². The van der Waals surface area contributed by atoms with Crippen LogP contribution in [0.2, 0.25) is 0 Å². The van der Waals surface area contributed by atoms with Crippen LogP contribution in [0, 0.1) is 12.8 Å². The number of ether oxygens (including phenoxy) is 1. The van der Waals surface area contributed by atoms with Gasteiger partial charge in [-0.3, -0.25) is 4.79 Å². The Hall–Kier alpha value is -2.04. The zero-order valence-corrected chi connectivity index (χ0v) is 16.2. The minimum Gasteiger partial charge on any atom is -0.496 e. The van der Waals surface area contributed by atoms with E-state index in [0.29, 0.717) is 24.8 Å². The van der Waals surface area contributed by atoms with Crippen molar-refractivity contribution < 1.29 is 9.53 Å². The number of likely N-dealkylation sites (tertiary alicyclic amines) is 1. The van der Waals surface area contributed by atoms with Gasteiger partial charge in [-0.15, -0.1) is 12.4 Å². The lowest BCUT2D eigenvalue weighted by atomic mass is 9.89. The van der Waals surface area contributed by atoms with Gasteiger partial charge in [0.25, 0.3) is 0 Å². The van der Waals surface area contributed by atoms with Gasteiger partial charge in [0.1, 0.15) is 5.75 Å². The van der Waals surface area contributed by atoms with Crippen LogP contribution in [0.25, 0.3) is 0 Å². The SMILES string of the molecule is COc1cc(CC(=O)N2C[C@@H](CN)[C@H](c3ccccc3)C2)ccc1C.Cl. The number of hydrogen-bond acceptors (Lipinski definition) is 3. The van der Waals surface area contributed by atoms with Crippen molar-refractivity contribution in [2.24, 2.45) is 11.7 Å². The molecular weight excluding hydrogens is 348 g/mol. The van der Waals surface area contributed by atoms with E-state index in [1.54, 1.807) is 7.11 Å². The molecule has 140 valence electrons. The summed E-state index contributed by atoms with van der Waals surface area (Å²) in [6.07, 6.45) is 0.398. The molecule has 2 aromatic carbocycles. The Bertz CT molecular complexity index is 736. The lowest BCUT2D eigenvalue weighted by molar-refractivity contribution is -0.129. The monoisotopic (exact) mass is 374 g/mol. The van der Waals surface area contributed by atoms with Crippen molar-refractivity contribution >= 4 is 18.3 Å². The molecule has 0 aliphatic carbocycles. The van der Waals surface area contributed by atoms with E-state index < -0.39 is 0 Å². The smallest absolute Gasteiger partial charge is 0.227 e. The fraction of sp³-hybridized carbons (Fsp3) is 0.381. The molecule has 1 aliphatic heterocycles. The number of nitrogens with two attached hydrogens (primary N) is 1. The molecular formula is C21H27ClN2O2. The summed E-state index contributed by atoms with van der Waals surface area (Å²) in [7, 11) is 1.66. The zero-order valence-electron chi connectivity index (χ0n) is 15.4. The molecule has 1 fully saturated rings. The number of methoxy groups -OCH3 is 1. The van der Waals surface area contributed by atoms with Gasteiger partial charge in [-0.2, -0.15) is 0 Å². The predicted octanol–water partition coefficient (Wildman–Crippen LogP) is 3.17. The van der Waals surface area contributed by atoms with Gasteiger partial charge < -0.3 is 15.4 Å². The van der Waals surface area contributed by atoms with E-state index in [4.69, 9.17) is 10.5 Å². The van der Waals surface area contributed by atoms with Crippen molar-refractivity contribution in [3.63, 3.8) is 0 Å². The fourth-order valence-corrected chi connectivity index (χ4v) is 3.65. The van der Waals surface area contributed by atoms with Crippen LogP contribution < -0.4 is 10.5 Å². The summed E-state index contributed by atoms with van der Waals surface area (Å²) in [6, 6.07) is 16.3. The average Bonchev–Trinajstić information content (AvgIpc) is 3.08. The molecule has 5 heteroatoms. The van der Waals surface area contributed by atoms with Crippen LogP contribution in [0.4, 0.5) is 0 Å². The number of amides is 1. The number of rotatable bonds is 5. The van der Waals surface area contributed by atoms with Crippen molar-refractivity contribution in [3.8, 4) is 5.75 Å². The maximum atomic E-state index is 12.8. The van der Waals surface area contributed by atoms with Crippen LogP contribution in [0.15, 0.2) is 48.5 Å². The molecule has 0 bridgehead atoms. The third-order valence-corrected chi connectivity index (χ3v) is 5.15. The Balaban J connectivity index is 0.00000243. The summed E-state index contributed by atoms with van der Waals surface area (Å²) in [5.74, 6) is 1.62. The van der Waals surface area contributed by atoms with Gasteiger partial charge in [0, 0.05) is 19.0 Å². The highest BCUT2D eigenvalue weighted by Crippen LogP contribution is 2.32. The van der Waals surface area contributed by atoms with Gasteiger partial charge >= 0.3 is 0 Å². The summed E-state index contributed by atoms with van der Waals surface area (Å²) < 4.78 is 5.36. The summed E-state index contributed by atoms with van der Waals surface area (Å²) in [5, 5.41) is 0. The summed E-state index contributed by atoms with van der Waals surface area (Å²) in [5.41, 5.74) is 9.31. The first-order valence-electron chi connectivity index (χ1n) is 8.78. The molecule has 1 aliphatic rings. The highest BCUT2D eigenvalue weighted by Gasteiger charge is 2.35. The maximum absolute atomic E-state index is 12.8. The second kappa shape index (κ2) is 9.06. The van der Waals surface area contributed by atoms with Gasteiger partial charge in [0.15, 0.2) is 0 Å². The van der Waals surface area contributed by atoms with Gasteiger partial charge in [-0.05, 0) is 42.1 Å². The minimum atomic E-state index is 0. The van der Waals surface area contributed by atoms with Gasteiger partial charge in [0.05, 0.1) is 13.5 Å². The highest BCUT2D eigenvalue weighted by molar-refractivity contribution is 5.85. The highest BCUT2D eigenvalue weighted by atomic mass is 35.5. The molecule has 4 nitrogen and oxygen atoms in total. The van der Waals surface area contributed by atoms with Crippen molar-refractivity contribution in [1.29, 1.82) is 0 Å². The van der Waals surface area contributed by atoms with Crippen LogP contribution >= 0.6 is 12.4 Å². The molecule has 2 N–H and O–H groups in total. The minimum absolute atomic E-state index is 0. The summed E-state index contributed by atoms with van der Waals surface area (Å²) in [4.78, 5) is 14.7. The second-order valence-corrected chi connectivity index (χ2v) is 6.79. The topological polar surface area (TPSA) is 55.6 Å². The average molecular weight is 375 g/mol. The third-order valence-electron chi connectivity index (χ3n) is 5.15. The quantitative estimate of drug-likeness (QED) is 0.874.